The van der Waals surface area contributed by atoms with Crippen LogP contribution in [-0.2, 0) is 32.2 Å². The number of thioether (sulfide) groups is 1. The molecule has 234 valence electrons. The van der Waals surface area contributed by atoms with Gasteiger partial charge in [0.25, 0.3) is 0 Å². The van der Waals surface area contributed by atoms with Crippen LogP contribution in [0.3, 0.4) is 0 Å². The van der Waals surface area contributed by atoms with Gasteiger partial charge in [-0.2, -0.15) is 0 Å². The molecule has 0 spiro atoms. The van der Waals surface area contributed by atoms with E-state index in [1.165, 1.54) is 18.7 Å². The first-order valence-corrected chi connectivity index (χ1v) is 15.9. The molecule has 3 aromatic rings. The van der Waals surface area contributed by atoms with Crippen molar-refractivity contribution in [3.05, 3.63) is 101 Å². The number of carboxylic acids is 1. The fourth-order valence-corrected chi connectivity index (χ4v) is 5.97. The number of aromatic carboxylic acids is 1. The molecule has 4 N–H and O–H groups in total. The fraction of sp³-hybridized carbons (Fsp3) is 0.382. The van der Waals surface area contributed by atoms with E-state index in [1.54, 1.807) is 12.1 Å². The number of amides is 2. The zero-order valence-electron chi connectivity index (χ0n) is 24.9. The molecule has 4 rings (SSSR count). The number of ether oxygens (including phenoxy) is 2. The van der Waals surface area contributed by atoms with Crippen molar-refractivity contribution in [2.24, 2.45) is 0 Å². The maximum absolute atomic E-state index is 12.3. The molecule has 1 aliphatic rings. The van der Waals surface area contributed by atoms with E-state index in [9.17, 15) is 24.6 Å². The van der Waals surface area contributed by atoms with Gasteiger partial charge in [-0.05, 0) is 41.7 Å². The van der Waals surface area contributed by atoms with E-state index in [1.807, 2.05) is 60.7 Å². The molecule has 3 aromatic carbocycles. The Morgan fingerprint density at radius 1 is 0.864 bits per heavy atom. The molecule has 0 saturated carbocycles. The van der Waals surface area contributed by atoms with E-state index < -0.39 is 12.3 Å². The highest BCUT2D eigenvalue weighted by Crippen LogP contribution is 2.39. The number of carbonyl (C=O) groups excluding carboxylic acids is 2. The van der Waals surface area contributed by atoms with Crippen molar-refractivity contribution >= 4 is 29.5 Å². The van der Waals surface area contributed by atoms with Crippen molar-refractivity contribution in [1.82, 2.24) is 10.6 Å². The van der Waals surface area contributed by atoms with Crippen LogP contribution in [0.4, 0.5) is 0 Å². The first kappa shape index (κ1) is 33.2. The third-order valence-corrected chi connectivity index (χ3v) is 8.56. The van der Waals surface area contributed by atoms with Crippen molar-refractivity contribution < 1.29 is 34.1 Å². The average Bonchev–Trinajstić information content (AvgIpc) is 3.04. The van der Waals surface area contributed by atoms with E-state index in [0.29, 0.717) is 36.6 Å². The second kappa shape index (κ2) is 17.0. The number of nitrogens with one attached hydrogen (secondary N) is 2. The average molecular weight is 621 g/mol. The molecule has 1 aliphatic heterocycles. The predicted molar refractivity (Wildman–Crippen MR) is 168 cm³/mol. The largest absolute Gasteiger partial charge is 0.478 e. The Hall–Kier alpha value is -3.70. The van der Waals surface area contributed by atoms with Gasteiger partial charge in [-0.1, -0.05) is 67.1 Å². The number of carboxylic acid groups (broad SMARTS) is 1. The van der Waals surface area contributed by atoms with Gasteiger partial charge in [0.2, 0.25) is 11.8 Å². The molecule has 44 heavy (non-hydrogen) atoms. The standard InChI is InChI=1S/C34H40N2O7S/c1-23(38)35-18-6-2-3-9-32(39)36-20-24-10-16-27(17-11-24)34-42-28(22-44-31-8-5-4-7-29(31)33(40)41)19-30(43-34)26-14-12-25(21-37)13-15-26/h4-5,7-8,10-17,28,30,34,37H,2-3,6,9,18-22H2,1H3,(H,35,38)(H,36,39)(H,40,41)/t28-,30+,34+/m1/s1. The van der Waals surface area contributed by atoms with Crippen molar-refractivity contribution in [2.75, 3.05) is 12.3 Å². The minimum absolute atomic E-state index is 0.00702. The lowest BCUT2D eigenvalue weighted by molar-refractivity contribution is -0.245. The fourth-order valence-electron chi connectivity index (χ4n) is 4.91. The third kappa shape index (κ3) is 10.2. The van der Waals surface area contributed by atoms with Crippen LogP contribution in [0, 0.1) is 0 Å². The van der Waals surface area contributed by atoms with Crippen LogP contribution < -0.4 is 10.6 Å². The summed E-state index contributed by atoms with van der Waals surface area (Å²) in [5.74, 6) is -0.461. The summed E-state index contributed by atoms with van der Waals surface area (Å²) in [6, 6.07) is 22.4. The topological polar surface area (TPSA) is 134 Å². The lowest BCUT2D eigenvalue weighted by Gasteiger charge is -2.36. The summed E-state index contributed by atoms with van der Waals surface area (Å²) in [6.07, 6.45) is 2.44. The maximum Gasteiger partial charge on any atom is 0.336 e. The summed E-state index contributed by atoms with van der Waals surface area (Å²) in [6.45, 7) is 2.51. The highest BCUT2D eigenvalue weighted by Gasteiger charge is 2.32. The van der Waals surface area contributed by atoms with E-state index in [2.05, 4.69) is 10.6 Å². The summed E-state index contributed by atoms with van der Waals surface area (Å²) < 4.78 is 12.8. The molecule has 1 fully saturated rings. The molecule has 0 aromatic heterocycles. The van der Waals surface area contributed by atoms with E-state index in [0.717, 1.165) is 41.5 Å². The van der Waals surface area contributed by atoms with E-state index in [-0.39, 0.29) is 36.2 Å². The molecule has 2 amide bonds. The number of rotatable bonds is 15. The van der Waals surface area contributed by atoms with Crippen molar-refractivity contribution in [3.8, 4) is 0 Å². The number of unbranched alkanes of at least 4 members (excludes halogenated alkanes) is 2. The number of benzene rings is 3. The minimum Gasteiger partial charge on any atom is -0.478 e. The molecule has 3 atom stereocenters. The van der Waals surface area contributed by atoms with Crippen LogP contribution in [0.1, 0.15) is 84.0 Å². The van der Waals surface area contributed by atoms with Crippen molar-refractivity contribution in [1.29, 1.82) is 0 Å². The number of carbonyl (C=O) groups is 3. The van der Waals surface area contributed by atoms with Gasteiger partial charge < -0.3 is 30.3 Å². The Balaban J connectivity index is 1.36. The second-order valence-corrected chi connectivity index (χ2v) is 11.8. The number of hydrogen-bond donors (Lipinski definition) is 4. The van der Waals surface area contributed by atoms with E-state index >= 15 is 0 Å². The monoisotopic (exact) mass is 620 g/mol. The third-order valence-electron chi connectivity index (χ3n) is 7.35. The molecule has 0 radical (unpaired) electrons. The molecular formula is C34H40N2O7S. The minimum atomic E-state index is -0.962. The molecule has 0 bridgehead atoms. The summed E-state index contributed by atoms with van der Waals surface area (Å²) in [7, 11) is 0. The van der Waals surface area contributed by atoms with Crippen molar-refractivity contribution in [3.63, 3.8) is 0 Å². The maximum atomic E-state index is 12.3. The Bertz CT molecular complexity index is 1380. The number of hydrogen-bond acceptors (Lipinski definition) is 7. The van der Waals surface area contributed by atoms with Gasteiger partial charge in [-0.25, -0.2) is 4.79 Å². The van der Waals surface area contributed by atoms with Gasteiger partial charge in [0.15, 0.2) is 6.29 Å². The summed E-state index contributed by atoms with van der Waals surface area (Å²) in [4.78, 5) is 35.6. The summed E-state index contributed by atoms with van der Waals surface area (Å²) in [5, 5.41) is 24.8. The van der Waals surface area contributed by atoms with Gasteiger partial charge in [-0.3, -0.25) is 9.59 Å². The first-order valence-electron chi connectivity index (χ1n) is 14.9. The molecule has 0 aliphatic carbocycles. The van der Waals surface area contributed by atoms with Crippen LogP contribution >= 0.6 is 11.8 Å². The lowest BCUT2D eigenvalue weighted by Crippen LogP contribution is -2.31. The van der Waals surface area contributed by atoms with Gasteiger partial charge >= 0.3 is 5.97 Å². The second-order valence-electron chi connectivity index (χ2n) is 10.8. The summed E-state index contributed by atoms with van der Waals surface area (Å²) in [5.41, 5.74) is 3.86. The molecule has 10 heteroatoms. The quantitative estimate of drug-likeness (QED) is 0.129. The van der Waals surface area contributed by atoms with Crippen LogP contribution in [0.15, 0.2) is 77.7 Å². The predicted octanol–water partition coefficient (Wildman–Crippen LogP) is 5.53. The van der Waals surface area contributed by atoms with Crippen LogP contribution in [0.2, 0.25) is 0 Å². The van der Waals surface area contributed by atoms with Crippen LogP contribution in [-0.4, -0.2) is 46.4 Å². The van der Waals surface area contributed by atoms with Gasteiger partial charge in [0, 0.05) is 49.1 Å². The molecular weight excluding hydrogens is 580 g/mol. The number of aliphatic hydroxyl groups is 1. The molecule has 1 heterocycles. The number of aliphatic hydroxyl groups excluding tert-OH is 1. The normalized spacial score (nSPS) is 18.0. The molecule has 0 unspecified atom stereocenters. The van der Waals surface area contributed by atoms with Crippen molar-refractivity contribution in [2.45, 2.75) is 75.6 Å². The highest BCUT2D eigenvalue weighted by atomic mass is 32.2. The van der Waals surface area contributed by atoms with Gasteiger partial charge in [0.05, 0.1) is 24.4 Å². The Kier molecular flexibility index (Phi) is 12.8. The SMILES string of the molecule is CC(=O)NCCCCCC(=O)NCc1ccc([C@H]2O[C@@H](CSc3ccccc3C(=O)O)C[C@@H](c3ccc(CO)cc3)O2)cc1. The Morgan fingerprint density at radius 2 is 1.57 bits per heavy atom. The first-order chi connectivity index (χ1) is 21.3. The Morgan fingerprint density at radius 3 is 2.27 bits per heavy atom. The smallest absolute Gasteiger partial charge is 0.336 e. The lowest BCUT2D eigenvalue weighted by atomic mass is 10.0. The zero-order chi connectivity index (χ0) is 31.3. The van der Waals surface area contributed by atoms with E-state index in [4.69, 9.17) is 9.47 Å². The van der Waals surface area contributed by atoms with Gasteiger partial charge in [0.1, 0.15) is 0 Å². The van der Waals surface area contributed by atoms with Crippen LogP contribution in [0.5, 0.6) is 0 Å². The summed E-state index contributed by atoms with van der Waals surface area (Å²) >= 11 is 1.45. The Labute approximate surface area is 262 Å². The van der Waals surface area contributed by atoms with Crippen LogP contribution in [0.25, 0.3) is 0 Å². The highest BCUT2D eigenvalue weighted by molar-refractivity contribution is 7.99. The zero-order valence-corrected chi connectivity index (χ0v) is 25.7. The molecule has 9 nitrogen and oxygen atoms in total. The van der Waals surface area contributed by atoms with Gasteiger partial charge in [-0.15, -0.1) is 11.8 Å². The molecule has 1 saturated heterocycles.